The predicted octanol–water partition coefficient (Wildman–Crippen LogP) is 16.2. The summed E-state index contributed by atoms with van der Waals surface area (Å²) in [6, 6.07) is 84.6. The first-order chi connectivity index (χ1) is 35.2. The number of aromatic nitrogens is 2. The van der Waals surface area contributed by atoms with Gasteiger partial charge in [-0.05, 0) is 99.9 Å². The SMILES string of the molecule is c1ccc(C2N=C(c3ccc(-n4c5ccccc5c5cc6ccccc6cc54)c(-c4c5ccccc5cc5oc6ccccc6c45)c3)N=C(c3cccc4c5ccccc5n(-c5ccccc5)c34)N2)cc1. The maximum absolute atomic E-state index is 6.75. The van der Waals surface area contributed by atoms with Gasteiger partial charge < -0.3 is 18.9 Å². The van der Waals surface area contributed by atoms with Crippen LogP contribution in [0.1, 0.15) is 22.9 Å². The van der Waals surface area contributed by atoms with Crippen molar-refractivity contribution in [3.8, 4) is 22.5 Å². The number of hydrogen-bond donors (Lipinski definition) is 1. The first-order valence-corrected chi connectivity index (χ1v) is 24.2. The van der Waals surface area contributed by atoms with Crippen molar-refractivity contribution in [1.29, 1.82) is 0 Å². The molecule has 0 radical (unpaired) electrons. The Bertz CT molecular complexity index is 4560. The average Bonchev–Trinajstić information content (AvgIpc) is 4.09. The second-order valence-corrected chi connectivity index (χ2v) is 18.5. The fourth-order valence-corrected chi connectivity index (χ4v) is 11.4. The van der Waals surface area contributed by atoms with Crippen LogP contribution in [0, 0.1) is 0 Å². The van der Waals surface area contributed by atoms with E-state index in [0.29, 0.717) is 5.84 Å². The second kappa shape index (κ2) is 15.5. The number of nitrogens with zero attached hydrogens (tertiary/aromatic N) is 4. The van der Waals surface area contributed by atoms with Crippen LogP contribution >= 0.6 is 0 Å². The van der Waals surface area contributed by atoms with Crippen LogP contribution in [0.2, 0.25) is 0 Å². The molecule has 3 aromatic heterocycles. The quantitative estimate of drug-likeness (QED) is 0.181. The Kier molecular flexibility index (Phi) is 8.62. The molecule has 14 aromatic rings. The Morgan fingerprint density at radius 1 is 0.423 bits per heavy atom. The third kappa shape index (κ3) is 6.08. The number of hydrogen-bond acceptors (Lipinski definition) is 4. The molecular weight excluding hydrogens is 867 g/mol. The van der Waals surface area contributed by atoms with E-state index in [4.69, 9.17) is 14.4 Å². The van der Waals surface area contributed by atoms with E-state index >= 15 is 0 Å². The molecule has 6 nitrogen and oxygen atoms in total. The van der Waals surface area contributed by atoms with Crippen LogP contribution in [-0.2, 0) is 0 Å². The Morgan fingerprint density at radius 2 is 1.06 bits per heavy atom. The molecule has 11 aromatic carbocycles. The highest BCUT2D eigenvalue weighted by molar-refractivity contribution is 6.24. The van der Waals surface area contributed by atoms with E-state index in [1.165, 1.54) is 26.9 Å². The minimum atomic E-state index is -0.417. The number of fused-ring (bicyclic) bond motifs is 11. The number of furan rings is 1. The number of benzene rings is 11. The van der Waals surface area contributed by atoms with Gasteiger partial charge in [0.15, 0.2) is 5.84 Å². The number of aliphatic imine (C=N–C) groups is 2. The molecule has 1 unspecified atom stereocenters. The topological polar surface area (TPSA) is 59.8 Å². The maximum Gasteiger partial charge on any atom is 0.159 e. The molecular formula is C65H41N5O. The van der Waals surface area contributed by atoms with Gasteiger partial charge in [-0.3, -0.25) is 0 Å². The van der Waals surface area contributed by atoms with Crippen molar-refractivity contribution in [2.75, 3.05) is 0 Å². The summed E-state index contributed by atoms with van der Waals surface area (Å²) in [5.41, 5.74) is 13.4. The van der Waals surface area contributed by atoms with Crippen LogP contribution < -0.4 is 5.32 Å². The van der Waals surface area contributed by atoms with E-state index in [1.54, 1.807) is 0 Å². The molecule has 15 rings (SSSR count). The van der Waals surface area contributed by atoms with Crippen LogP contribution in [0.25, 0.3) is 110 Å². The first-order valence-electron chi connectivity index (χ1n) is 24.2. The third-order valence-corrected chi connectivity index (χ3v) is 14.5. The molecule has 1 aliphatic rings. The van der Waals surface area contributed by atoms with Gasteiger partial charge in [0.1, 0.15) is 23.2 Å². The Balaban J connectivity index is 1.04. The third-order valence-electron chi connectivity index (χ3n) is 14.5. The molecule has 0 spiro atoms. The van der Waals surface area contributed by atoms with E-state index in [-0.39, 0.29) is 0 Å². The standard InChI is InChI=1S/C65H41N5O/c1-3-18-40(19-4-1)63-66-64(68-65(67-63)51-30-17-29-49-47-26-11-14-31-54(47)69(62(49)51)45-23-5-2-6-24-45)44-34-35-56(70-55-32-15-12-27-48(55)52-36-41-20-7-8-21-42(41)38-57(52)70)53(37-44)60-46-25-10-9-22-43(46)39-59-61(60)50-28-13-16-33-58(50)71-59/h1-39,63H,(H,66,67,68). The molecule has 332 valence electrons. The van der Waals surface area contributed by atoms with Crippen molar-refractivity contribution in [2.24, 2.45) is 9.98 Å². The van der Waals surface area contributed by atoms with Crippen molar-refractivity contribution >= 4 is 98.8 Å². The summed E-state index contributed by atoms with van der Waals surface area (Å²) in [5, 5.41) is 15.4. The van der Waals surface area contributed by atoms with Gasteiger partial charge in [0, 0.05) is 60.3 Å². The first kappa shape index (κ1) is 39.5. The van der Waals surface area contributed by atoms with Gasteiger partial charge in [-0.25, -0.2) is 9.98 Å². The molecule has 0 aliphatic carbocycles. The Morgan fingerprint density at radius 3 is 1.86 bits per heavy atom. The van der Waals surface area contributed by atoms with Gasteiger partial charge in [0.05, 0.1) is 27.8 Å². The number of para-hydroxylation sites is 5. The zero-order valence-electron chi connectivity index (χ0n) is 38.3. The van der Waals surface area contributed by atoms with Crippen LogP contribution in [0.15, 0.2) is 251 Å². The van der Waals surface area contributed by atoms with E-state index in [0.717, 1.165) is 105 Å². The van der Waals surface area contributed by atoms with Crippen LogP contribution in [-0.4, -0.2) is 20.8 Å². The van der Waals surface area contributed by atoms with Gasteiger partial charge in [-0.15, -0.1) is 0 Å². The van der Waals surface area contributed by atoms with Crippen LogP contribution in [0.3, 0.4) is 0 Å². The fourth-order valence-electron chi connectivity index (χ4n) is 11.4. The lowest BCUT2D eigenvalue weighted by atomic mass is 9.91. The maximum atomic E-state index is 6.75. The monoisotopic (exact) mass is 907 g/mol. The van der Waals surface area contributed by atoms with Gasteiger partial charge in [0.25, 0.3) is 0 Å². The summed E-state index contributed by atoms with van der Waals surface area (Å²) in [6.45, 7) is 0. The molecule has 0 saturated carbocycles. The molecule has 0 bridgehead atoms. The molecule has 1 N–H and O–H groups in total. The van der Waals surface area contributed by atoms with Crippen molar-refractivity contribution in [3.63, 3.8) is 0 Å². The highest BCUT2D eigenvalue weighted by Crippen LogP contribution is 2.46. The normalized spacial score (nSPS) is 14.1. The molecule has 6 heteroatoms. The summed E-state index contributed by atoms with van der Waals surface area (Å²) < 4.78 is 11.6. The fraction of sp³-hybridized carbons (Fsp3) is 0.0154. The summed E-state index contributed by atoms with van der Waals surface area (Å²) in [7, 11) is 0. The van der Waals surface area contributed by atoms with Crippen LogP contribution in [0.4, 0.5) is 0 Å². The second-order valence-electron chi connectivity index (χ2n) is 18.5. The summed E-state index contributed by atoms with van der Waals surface area (Å²) >= 11 is 0. The molecule has 1 aliphatic heterocycles. The highest BCUT2D eigenvalue weighted by Gasteiger charge is 2.27. The van der Waals surface area contributed by atoms with E-state index in [9.17, 15) is 0 Å². The van der Waals surface area contributed by atoms with Gasteiger partial charge in [-0.1, -0.05) is 164 Å². The van der Waals surface area contributed by atoms with Crippen molar-refractivity contribution in [3.05, 3.63) is 253 Å². The Hall–Kier alpha value is -9.52. The van der Waals surface area contributed by atoms with Crippen molar-refractivity contribution in [1.82, 2.24) is 14.5 Å². The van der Waals surface area contributed by atoms with Gasteiger partial charge >= 0.3 is 0 Å². The number of rotatable bonds is 6. The molecule has 4 heterocycles. The zero-order chi connectivity index (χ0) is 46.6. The lowest BCUT2D eigenvalue weighted by Crippen LogP contribution is -2.34. The molecule has 0 saturated heterocycles. The highest BCUT2D eigenvalue weighted by atomic mass is 16.3. The summed E-state index contributed by atoms with van der Waals surface area (Å²) in [6.07, 6.45) is -0.417. The average molecular weight is 908 g/mol. The van der Waals surface area contributed by atoms with E-state index in [2.05, 4.69) is 245 Å². The number of nitrogens with one attached hydrogen (secondary N) is 1. The van der Waals surface area contributed by atoms with E-state index in [1.807, 2.05) is 6.07 Å². The minimum Gasteiger partial charge on any atom is -0.456 e. The summed E-state index contributed by atoms with van der Waals surface area (Å²) in [5.74, 6) is 1.39. The number of amidine groups is 2. The largest absolute Gasteiger partial charge is 0.456 e. The van der Waals surface area contributed by atoms with E-state index < -0.39 is 6.17 Å². The lowest BCUT2D eigenvalue weighted by Gasteiger charge is -2.25. The summed E-state index contributed by atoms with van der Waals surface area (Å²) in [4.78, 5) is 11.1. The van der Waals surface area contributed by atoms with Gasteiger partial charge in [-0.2, -0.15) is 0 Å². The molecule has 0 fully saturated rings. The molecule has 0 amide bonds. The molecule has 1 atom stereocenters. The minimum absolute atomic E-state index is 0.417. The molecule has 71 heavy (non-hydrogen) atoms. The zero-order valence-corrected chi connectivity index (χ0v) is 38.3. The van der Waals surface area contributed by atoms with Crippen molar-refractivity contribution < 1.29 is 4.42 Å². The smallest absolute Gasteiger partial charge is 0.159 e. The van der Waals surface area contributed by atoms with Gasteiger partial charge in [0.2, 0.25) is 0 Å². The van der Waals surface area contributed by atoms with Crippen molar-refractivity contribution in [2.45, 2.75) is 6.17 Å². The predicted molar refractivity (Wildman–Crippen MR) is 295 cm³/mol. The van der Waals surface area contributed by atoms with Crippen LogP contribution in [0.5, 0.6) is 0 Å². The lowest BCUT2D eigenvalue weighted by molar-refractivity contribution is 0.669. The Labute approximate surface area is 407 Å².